The normalized spacial score (nSPS) is 14.7. The summed E-state index contributed by atoms with van der Waals surface area (Å²) in [6, 6.07) is 0. The molecule has 18 heavy (non-hydrogen) atoms. The summed E-state index contributed by atoms with van der Waals surface area (Å²) in [7, 11) is 3.51. The van der Waals surface area contributed by atoms with E-state index >= 15 is 0 Å². The van der Waals surface area contributed by atoms with Crippen LogP contribution in [-0.4, -0.2) is 62.0 Å². The van der Waals surface area contributed by atoms with Gasteiger partial charge in [0.2, 0.25) is 5.91 Å². The van der Waals surface area contributed by atoms with Gasteiger partial charge in [-0.25, -0.2) is 0 Å². The van der Waals surface area contributed by atoms with Gasteiger partial charge < -0.3 is 9.64 Å². The maximum atomic E-state index is 11.7. The monoisotopic (exact) mass is 256 g/mol. The SMILES string of the molecule is CCOC(=O)CCN(CC(=O)N(C)C)CC1CC1. The van der Waals surface area contributed by atoms with Gasteiger partial charge in [0.05, 0.1) is 19.6 Å². The van der Waals surface area contributed by atoms with Crippen LogP contribution in [-0.2, 0) is 14.3 Å². The summed E-state index contributed by atoms with van der Waals surface area (Å²) in [5.74, 6) is 0.609. The van der Waals surface area contributed by atoms with Gasteiger partial charge in [0.1, 0.15) is 0 Å². The summed E-state index contributed by atoms with van der Waals surface area (Å²) in [5, 5.41) is 0. The van der Waals surface area contributed by atoms with Crippen LogP contribution in [0.15, 0.2) is 0 Å². The van der Waals surface area contributed by atoms with Crippen LogP contribution in [0.3, 0.4) is 0 Å². The molecule has 104 valence electrons. The summed E-state index contributed by atoms with van der Waals surface area (Å²) >= 11 is 0. The van der Waals surface area contributed by atoms with Crippen molar-refractivity contribution < 1.29 is 14.3 Å². The van der Waals surface area contributed by atoms with Gasteiger partial charge in [-0.2, -0.15) is 0 Å². The number of hydrogen-bond acceptors (Lipinski definition) is 4. The number of carbonyl (C=O) groups excluding carboxylic acids is 2. The zero-order chi connectivity index (χ0) is 13.5. The highest BCUT2D eigenvalue weighted by Gasteiger charge is 2.25. The van der Waals surface area contributed by atoms with E-state index in [1.165, 1.54) is 12.8 Å². The molecule has 0 N–H and O–H groups in total. The molecule has 0 spiro atoms. The molecule has 0 radical (unpaired) electrons. The van der Waals surface area contributed by atoms with Gasteiger partial charge in [0.15, 0.2) is 0 Å². The van der Waals surface area contributed by atoms with Crippen molar-refractivity contribution in [2.75, 3.05) is 40.3 Å². The molecule has 1 saturated carbocycles. The fourth-order valence-electron chi connectivity index (χ4n) is 1.72. The molecule has 1 aliphatic carbocycles. The van der Waals surface area contributed by atoms with Crippen molar-refractivity contribution in [1.82, 2.24) is 9.80 Å². The average molecular weight is 256 g/mol. The predicted molar refractivity (Wildman–Crippen MR) is 69.1 cm³/mol. The first-order valence-electron chi connectivity index (χ1n) is 6.61. The zero-order valence-electron chi connectivity index (χ0n) is 11.6. The Hall–Kier alpha value is -1.10. The van der Waals surface area contributed by atoms with Crippen LogP contribution in [0.25, 0.3) is 0 Å². The molecule has 1 rings (SSSR count). The van der Waals surface area contributed by atoms with Crippen molar-refractivity contribution in [3.63, 3.8) is 0 Å². The van der Waals surface area contributed by atoms with Crippen molar-refractivity contribution >= 4 is 11.9 Å². The third-order valence-corrected chi connectivity index (χ3v) is 3.01. The second-order valence-electron chi connectivity index (χ2n) is 5.02. The summed E-state index contributed by atoms with van der Waals surface area (Å²) in [6.07, 6.45) is 2.85. The number of nitrogens with zero attached hydrogens (tertiary/aromatic N) is 2. The van der Waals surface area contributed by atoms with Crippen molar-refractivity contribution in [2.24, 2.45) is 5.92 Å². The van der Waals surface area contributed by atoms with E-state index in [4.69, 9.17) is 4.74 Å². The molecule has 0 saturated heterocycles. The lowest BCUT2D eigenvalue weighted by Gasteiger charge is -2.23. The standard InChI is InChI=1S/C13H24N2O3/c1-4-18-13(17)7-8-15(9-11-5-6-11)10-12(16)14(2)3/h11H,4-10H2,1-3H3. The lowest BCUT2D eigenvalue weighted by Crippen LogP contribution is -2.38. The molecule has 1 amide bonds. The maximum absolute atomic E-state index is 11.7. The second-order valence-corrected chi connectivity index (χ2v) is 5.02. The van der Waals surface area contributed by atoms with E-state index in [1.807, 2.05) is 0 Å². The molecule has 0 aromatic heterocycles. The molecule has 1 aliphatic rings. The fraction of sp³-hybridized carbons (Fsp3) is 0.846. The fourth-order valence-corrected chi connectivity index (χ4v) is 1.72. The molecule has 0 atom stereocenters. The molecule has 5 nitrogen and oxygen atoms in total. The van der Waals surface area contributed by atoms with Crippen molar-refractivity contribution in [3.05, 3.63) is 0 Å². The van der Waals surface area contributed by atoms with E-state index in [-0.39, 0.29) is 11.9 Å². The van der Waals surface area contributed by atoms with Crippen molar-refractivity contribution in [2.45, 2.75) is 26.2 Å². The van der Waals surface area contributed by atoms with E-state index in [0.29, 0.717) is 32.0 Å². The lowest BCUT2D eigenvalue weighted by molar-refractivity contribution is -0.144. The minimum Gasteiger partial charge on any atom is -0.466 e. The number of ether oxygens (including phenoxy) is 1. The van der Waals surface area contributed by atoms with Crippen molar-refractivity contribution in [1.29, 1.82) is 0 Å². The lowest BCUT2D eigenvalue weighted by atomic mass is 10.3. The molecule has 5 heteroatoms. The van der Waals surface area contributed by atoms with Gasteiger partial charge in [0, 0.05) is 27.2 Å². The van der Waals surface area contributed by atoms with E-state index in [2.05, 4.69) is 4.90 Å². The van der Waals surface area contributed by atoms with Crippen LogP contribution in [0, 0.1) is 5.92 Å². The van der Waals surface area contributed by atoms with E-state index < -0.39 is 0 Å². The molecule has 0 unspecified atom stereocenters. The Morgan fingerprint density at radius 1 is 1.28 bits per heavy atom. The van der Waals surface area contributed by atoms with E-state index in [9.17, 15) is 9.59 Å². The molecule has 0 aliphatic heterocycles. The summed E-state index contributed by atoms with van der Waals surface area (Å²) in [5.41, 5.74) is 0. The number of amides is 1. The third kappa shape index (κ3) is 6.00. The first-order chi connectivity index (χ1) is 8.52. The quantitative estimate of drug-likeness (QED) is 0.601. The van der Waals surface area contributed by atoms with Crippen LogP contribution < -0.4 is 0 Å². The Kier molecular flexibility index (Phi) is 6.12. The first-order valence-corrected chi connectivity index (χ1v) is 6.61. The Bertz CT molecular complexity index is 288. The maximum Gasteiger partial charge on any atom is 0.307 e. The Balaban J connectivity index is 2.34. The van der Waals surface area contributed by atoms with Gasteiger partial charge in [-0.1, -0.05) is 0 Å². The Labute approximate surface area is 109 Å². The molecule has 0 heterocycles. The number of hydrogen-bond donors (Lipinski definition) is 0. The van der Waals surface area contributed by atoms with Gasteiger partial charge in [0.25, 0.3) is 0 Å². The van der Waals surface area contributed by atoms with Crippen LogP contribution in [0.1, 0.15) is 26.2 Å². The van der Waals surface area contributed by atoms with Gasteiger partial charge in [-0.15, -0.1) is 0 Å². The predicted octanol–water partition coefficient (Wildman–Crippen LogP) is 0.740. The third-order valence-electron chi connectivity index (χ3n) is 3.01. The summed E-state index contributed by atoms with van der Waals surface area (Å²) < 4.78 is 4.90. The van der Waals surface area contributed by atoms with Gasteiger partial charge >= 0.3 is 5.97 Å². The topological polar surface area (TPSA) is 49.9 Å². The first kappa shape index (κ1) is 15.0. The smallest absolute Gasteiger partial charge is 0.307 e. The average Bonchev–Trinajstić information content (AvgIpc) is 3.10. The van der Waals surface area contributed by atoms with Gasteiger partial charge in [-0.3, -0.25) is 14.5 Å². The van der Waals surface area contributed by atoms with E-state index in [0.717, 1.165) is 6.54 Å². The number of rotatable bonds is 8. The highest BCUT2D eigenvalue weighted by atomic mass is 16.5. The second kappa shape index (κ2) is 7.36. The van der Waals surface area contributed by atoms with E-state index in [1.54, 1.807) is 25.9 Å². The molecule has 0 bridgehead atoms. The van der Waals surface area contributed by atoms with Crippen LogP contribution in [0.2, 0.25) is 0 Å². The van der Waals surface area contributed by atoms with Crippen LogP contribution in [0.5, 0.6) is 0 Å². The molecular weight excluding hydrogens is 232 g/mol. The Morgan fingerprint density at radius 3 is 2.44 bits per heavy atom. The largest absolute Gasteiger partial charge is 0.466 e. The minimum atomic E-state index is -0.185. The number of esters is 1. The molecule has 0 aromatic rings. The summed E-state index contributed by atoms with van der Waals surface area (Å²) in [4.78, 5) is 26.7. The zero-order valence-corrected chi connectivity index (χ0v) is 11.6. The molecule has 0 aromatic carbocycles. The minimum absolute atomic E-state index is 0.0829. The van der Waals surface area contributed by atoms with Crippen LogP contribution >= 0.6 is 0 Å². The number of likely N-dealkylation sites (N-methyl/N-ethyl adjacent to an activating group) is 1. The Morgan fingerprint density at radius 2 is 1.94 bits per heavy atom. The van der Waals surface area contributed by atoms with Crippen LogP contribution in [0.4, 0.5) is 0 Å². The van der Waals surface area contributed by atoms with Gasteiger partial charge in [-0.05, 0) is 25.7 Å². The number of carbonyl (C=O) groups is 2. The van der Waals surface area contributed by atoms with Crippen molar-refractivity contribution in [3.8, 4) is 0 Å². The summed E-state index contributed by atoms with van der Waals surface area (Å²) in [6.45, 7) is 4.13. The highest BCUT2D eigenvalue weighted by Crippen LogP contribution is 2.29. The molecular formula is C13H24N2O3. The highest BCUT2D eigenvalue weighted by molar-refractivity contribution is 5.77. The molecule has 1 fully saturated rings.